The fraction of sp³-hybridized carbons (Fsp3) is 0.556. The van der Waals surface area contributed by atoms with E-state index in [4.69, 9.17) is 5.73 Å². The molecule has 23 heavy (non-hydrogen) atoms. The zero-order valence-electron chi connectivity index (χ0n) is 14.0. The van der Waals surface area contributed by atoms with E-state index >= 15 is 0 Å². The molecule has 0 bridgehead atoms. The van der Waals surface area contributed by atoms with E-state index in [0.717, 1.165) is 12.1 Å². The van der Waals surface area contributed by atoms with Crippen LogP contribution in [0.5, 0.6) is 0 Å². The number of rotatable bonds is 7. The summed E-state index contributed by atoms with van der Waals surface area (Å²) in [6.07, 6.45) is 6.59. The van der Waals surface area contributed by atoms with Gasteiger partial charge < -0.3 is 16.4 Å². The van der Waals surface area contributed by atoms with E-state index in [-0.39, 0.29) is 5.91 Å². The van der Waals surface area contributed by atoms with E-state index in [9.17, 15) is 4.79 Å². The molecule has 0 atom stereocenters. The van der Waals surface area contributed by atoms with E-state index in [1.165, 1.54) is 31.2 Å². The first kappa shape index (κ1) is 17.3. The second-order valence-corrected chi connectivity index (χ2v) is 6.15. The van der Waals surface area contributed by atoms with Crippen molar-refractivity contribution in [3.05, 3.63) is 29.8 Å². The molecule has 0 aromatic heterocycles. The van der Waals surface area contributed by atoms with E-state index < -0.39 is 0 Å². The number of aliphatic imine (C=N–C) groups is 1. The highest BCUT2D eigenvalue weighted by Gasteiger charge is 2.17. The minimum Gasteiger partial charge on any atom is -0.370 e. The molecular formula is C18H28N4O. The Morgan fingerprint density at radius 2 is 1.96 bits per heavy atom. The van der Waals surface area contributed by atoms with Gasteiger partial charge in [0.15, 0.2) is 5.96 Å². The Labute approximate surface area is 138 Å². The molecule has 0 aliphatic heterocycles. The number of amides is 1. The first-order valence-corrected chi connectivity index (χ1v) is 8.60. The van der Waals surface area contributed by atoms with Crippen LogP contribution >= 0.6 is 0 Å². The summed E-state index contributed by atoms with van der Waals surface area (Å²) in [7, 11) is 0. The molecule has 0 spiro atoms. The molecule has 5 nitrogen and oxygen atoms in total. The predicted molar refractivity (Wildman–Crippen MR) is 95.5 cm³/mol. The average molecular weight is 316 g/mol. The van der Waals surface area contributed by atoms with Crippen molar-refractivity contribution in [2.75, 3.05) is 18.4 Å². The van der Waals surface area contributed by atoms with Gasteiger partial charge in [0.05, 0.1) is 6.54 Å². The first-order valence-electron chi connectivity index (χ1n) is 8.60. The zero-order valence-corrected chi connectivity index (χ0v) is 14.0. The van der Waals surface area contributed by atoms with Crippen LogP contribution in [-0.2, 0) is 11.2 Å². The normalized spacial score (nSPS) is 15.6. The number of hydrogen-bond acceptors (Lipinski definition) is 2. The van der Waals surface area contributed by atoms with Crippen molar-refractivity contribution in [2.24, 2.45) is 16.6 Å². The fourth-order valence-electron chi connectivity index (χ4n) is 2.93. The van der Waals surface area contributed by atoms with Gasteiger partial charge in [-0.1, -0.05) is 31.9 Å². The second kappa shape index (κ2) is 9.18. The van der Waals surface area contributed by atoms with Gasteiger partial charge in [-0.3, -0.25) is 9.79 Å². The van der Waals surface area contributed by atoms with E-state index in [2.05, 4.69) is 34.7 Å². The number of aryl methyl sites for hydroxylation is 1. The number of guanidine groups is 1. The maximum Gasteiger partial charge on any atom is 0.220 e. The third kappa shape index (κ3) is 6.30. The van der Waals surface area contributed by atoms with Crippen molar-refractivity contribution in [1.29, 1.82) is 0 Å². The van der Waals surface area contributed by atoms with Gasteiger partial charge in [-0.05, 0) is 42.9 Å². The first-order chi connectivity index (χ1) is 11.2. The molecule has 0 unspecified atom stereocenters. The second-order valence-electron chi connectivity index (χ2n) is 6.15. The molecule has 2 rings (SSSR count). The summed E-state index contributed by atoms with van der Waals surface area (Å²) < 4.78 is 0. The molecule has 0 radical (unpaired) electrons. The molecule has 1 aromatic carbocycles. The highest BCUT2D eigenvalue weighted by molar-refractivity contribution is 5.92. The molecule has 1 fully saturated rings. The molecule has 1 saturated carbocycles. The summed E-state index contributed by atoms with van der Waals surface area (Å²) in [6.45, 7) is 3.14. The van der Waals surface area contributed by atoms with Crippen molar-refractivity contribution in [2.45, 2.75) is 45.4 Å². The maximum absolute atomic E-state index is 11.8. The summed E-state index contributed by atoms with van der Waals surface area (Å²) in [6, 6.07) is 8.12. The molecule has 126 valence electrons. The quantitative estimate of drug-likeness (QED) is 0.411. The third-order valence-corrected chi connectivity index (χ3v) is 4.30. The van der Waals surface area contributed by atoms with Gasteiger partial charge in [-0.2, -0.15) is 0 Å². The van der Waals surface area contributed by atoms with Gasteiger partial charge in [0.2, 0.25) is 5.91 Å². The van der Waals surface area contributed by atoms with Crippen LogP contribution in [0.15, 0.2) is 29.3 Å². The van der Waals surface area contributed by atoms with Crippen LogP contribution in [0.3, 0.4) is 0 Å². The Hall–Kier alpha value is -2.04. The smallest absolute Gasteiger partial charge is 0.220 e. The number of anilines is 1. The monoisotopic (exact) mass is 316 g/mol. The van der Waals surface area contributed by atoms with E-state index in [0.29, 0.717) is 31.4 Å². The molecule has 1 amide bonds. The Morgan fingerprint density at radius 3 is 2.61 bits per heavy atom. The molecule has 1 aromatic rings. The van der Waals surface area contributed by atoms with Crippen molar-refractivity contribution >= 4 is 17.6 Å². The summed E-state index contributed by atoms with van der Waals surface area (Å²) in [4.78, 5) is 16.0. The van der Waals surface area contributed by atoms with Gasteiger partial charge >= 0.3 is 0 Å². The molecule has 5 heteroatoms. The number of nitrogens with zero attached hydrogens (tertiary/aromatic N) is 1. The van der Waals surface area contributed by atoms with Crippen LogP contribution in [-0.4, -0.2) is 25.0 Å². The molecule has 0 heterocycles. The van der Waals surface area contributed by atoms with E-state index in [1.807, 2.05) is 12.1 Å². The highest BCUT2D eigenvalue weighted by Crippen LogP contribution is 2.27. The summed E-state index contributed by atoms with van der Waals surface area (Å²) >= 11 is 0. The fourth-order valence-corrected chi connectivity index (χ4v) is 2.93. The van der Waals surface area contributed by atoms with Crippen molar-refractivity contribution < 1.29 is 4.79 Å². The highest BCUT2D eigenvalue weighted by atomic mass is 16.1. The summed E-state index contributed by atoms with van der Waals surface area (Å²) in [5, 5.41) is 5.97. The lowest BCUT2D eigenvalue weighted by Gasteiger charge is -2.09. The zero-order chi connectivity index (χ0) is 16.5. The van der Waals surface area contributed by atoms with Crippen LogP contribution < -0.4 is 16.4 Å². The predicted octanol–water partition coefficient (Wildman–Crippen LogP) is 2.67. The van der Waals surface area contributed by atoms with E-state index in [1.54, 1.807) is 0 Å². The van der Waals surface area contributed by atoms with Gasteiger partial charge in [-0.25, -0.2) is 0 Å². The molecule has 1 aliphatic carbocycles. The minimum absolute atomic E-state index is 0.133. The molecule has 4 N–H and O–H groups in total. The number of benzene rings is 1. The van der Waals surface area contributed by atoms with Gasteiger partial charge in [0.25, 0.3) is 0 Å². The molecule has 1 aliphatic rings. The topological polar surface area (TPSA) is 79.5 Å². The number of carbonyl (C=O) groups excluding carboxylic acids is 1. The van der Waals surface area contributed by atoms with Crippen LogP contribution in [0.2, 0.25) is 0 Å². The Bertz CT molecular complexity index is 518. The SMILES string of the molecule is CCc1ccc(NC(N)=NCCNC(=O)CC2CCCC2)cc1. The van der Waals surface area contributed by atoms with Gasteiger partial charge in [-0.15, -0.1) is 0 Å². The van der Waals surface area contributed by atoms with Crippen molar-refractivity contribution in [1.82, 2.24) is 5.32 Å². The Balaban J connectivity index is 1.64. The average Bonchev–Trinajstić information content (AvgIpc) is 3.05. The van der Waals surface area contributed by atoms with Crippen molar-refractivity contribution in [3.8, 4) is 0 Å². The number of carbonyl (C=O) groups is 1. The minimum atomic E-state index is 0.133. The maximum atomic E-state index is 11.8. The van der Waals surface area contributed by atoms with Crippen LogP contribution in [0, 0.1) is 5.92 Å². The number of hydrogen-bond donors (Lipinski definition) is 3. The summed E-state index contributed by atoms with van der Waals surface area (Å²) in [5.74, 6) is 1.09. The number of nitrogens with one attached hydrogen (secondary N) is 2. The third-order valence-electron chi connectivity index (χ3n) is 4.30. The lowest BCUT2D eigenvalue weighted by atomic mass is 10.0. The summed E-state index contributed by atoms with van der Waals surface area (Å²) in [5.41, 5.74) is 8.06. The lowest BCUT2D eigenvalue weighted by molar-refractivity contribution is -0.121. The van der Waals surface area contributed by atoms with Gasteiger partial charge in [0, 0.05) is 18.7 Å². The Kier molecular flexibility index (Phi) is 6.91. The standard InChI is InChI=1S/C18H28N4O/c1-2-14-7-9-16(10-8-14)22-18(19)21-12-11-20-17(23)13-15-5-3-4-6-15/h7-10,15H,2-6,11-13H2,1H3,(H,20,23)(H3,19,21,22). The van der Waals surface area contributed by atoms with Crippen LogP contribution in [0.25, 0.3) is 0 Å². The molecule has 0 saturated heterocycles. The van der Waals surface area contributed by atoms with Gasteiger partial charge in [0.1, 0.15) is 0 Å². The Morgan fingerprint density at radius 1 is 1.26 bits per heavy atom. The lowest BCUT2D eigenvalue weighted by Crippen LogP contribution is -2.29. The van der Waals surface area contributed by atoms with Crippen LogP contribution in [0.4, 0.5) is 5.69 Å². The largest absolute Gasteiger partial charge is 0.370 e. The van der Waals surface area contributed by atoms with Crippen LogP contribution in [0.1, 0.15) is 44.6 Å². The van der Waals surface area contributed by atoms with Crippen molar-refractivity contribution in [3.63, 3.8) is 0 Å². The molecular weight excluding hydrogens is 288 g/mol. The number of nitrogens with two attached hydrogens (primary N) is 1.